The molecule has 1 heterocycles. The highest BCUT2D eigenvalue weighted by atomic mass is 16.5. The van der Waals surface area contributed by atoms with Crippen LogP contribution in [0.2, 0.25) is 0 Å². The van der Waals surface area contributed by atoms with Crippen LogP contribution < -0.4 is 0 Å². The van der Waals surface area contributed by atoms with Gasteiger partial charge in [-0.3, -0.25) is 4.79 Å². The van der Waals surface area contributed by atoms with Crippen LogP contribution in [0.15, 0.2) is 0 Å². The van der Waals surface area contributed by atoms with Gasteiger partial charge < -0.3 is 9.64 Å². The van der Waals surface area contributed by atoms with Crippen molar-refractivity contribution in [2.45, 2.75) is 34.1 Å². The molecule has 1 amide bonds. The average molecular weight is 215 g/mol. The van der Waals surface area contributed by atoms with Crippen molar-refractivity contribution in [1.82, 2.24) is 4.90 Å². The fourth-order valence-electron chi connectivity index (χ4n) is 1.77. The predicted octanol–water partition coefficient (Wildman–Crippen LogP) is 2.16. The quantitative estimate of drug-likeness (QED) is 0.722. The summed E-state index contributed by atoms with van der Waals surface area (Å²) in [4.78, 5) is 13.3. The molecule has 1 aliphatic heterocycles. The molecule has 1 fully saturated rings. The second-order valence-electron chi connectivity index (χ2n) is 4.07. The summed E-state index contributed by atoms with van der Waals surface area (Å²) in [6.45, 7) is 10.5. The Hall–Kier alpha value is -0.570. The predicted molar refractivity (Wildman–Crippen MR) is 62.7 cm³/mol. The Morgan fingerprint density at radius 1 is 1.47 bits per heavy atom. The highest BCUT2D eigenvalue weighted by Crippen LogP contribution is 2.23. The largest absolute Gasteiger partial charge is 0.375 e. The molecule has 3 nitrogen and oxygen atoms in total. The van der Waals surface area contributed by atoms with Gasteiger partial charge in [-0.05, 0) is 18.3 Å². The molecule has 1 aliphatic rings. The van der Waals surface area contributed by atoms with E-state index in [2.05, 4.69) is 13.8 Å². The van der Waals surface area contributed by atoms with Gasteiger partial charge in [-0.25, -0.2) is 0 Å². The second kappa shape index (κ2) is 7.69. The number of nitrogens with zero attached hydrogens (tertiary/aromatic N) is 1. The molecule has 90 valence electrons. The van der Waals surface area contributed by atoms with Crippen LogP contribution in [0.25, 0.3) is 0 Å². The van der Waals surface area contributed by atoms with E-state index in [9.17, 15) is 4.79 Å². The van der Waals surface area contributed by atoms with Crippen LogP contribution in [0.4, 0.5) is 0 Å². The monoisotopic (exact) mass is 215 g/mol. The highest BCUT2D eigenvalue weighted by molar-refractivity contribution is 5.77. The van der Waals surface area contributed by atoms with Crippen molar-refractivity contribution in [2.24, 2.45) is 11.8 Å². The molecule has 0 radical (unpaired) electrons. The maximum atomic E-state index is 11.4. The van der Waals surface area contributed by atoms with Gasteiger partial charge in [0.25, 0.3) is 0 Å². The SMILES string of the molecule is CC.COCC(=O)N1CCC(C(C)C)C1. The van der Waals surface area contributed by atoms with Crippen molar-refractivity contribution >= 4 is 5.91 Å². The third kappa shape index (κ3) is 4.65. The molecule has 1 unspecified atom stereocenters. The molecule has 0 spiro atoms. The Morgan fingerprint density at radius 2 is 2.07 bits per heavy atom. The summed E-state index contributed by atoms with van der Waals surface area (Å²) < 4.78 is 4.82. The zero-order valence-electron chi connectivity index (χ0n) is 10.7. The molecule has 0 aromatic carbocycles. The molecule has 0 bridgehead atoms. The van der Waals surface area contributed by atoms with E-state index in [0.717, 1.165) is 19.5 Å². The number of amides is 1. The Morgan fingerprint density at radius 3 is 2.47 bits per heavy atom. The second-order valence-corrected chi connectivity index (χ2v) is 4.07. The van der Waals surface area contributed by atoms with Crippen molar-refractivity contribution in [3.05, 3.63) is 0 Å². The first-order chi connectivity index (χ1) is 7.15. The van der Waals surface area contributed by atoms with Crippen LogP contribution in [0.3, 0.4) is 0 Å². The van der Waals surface area contributed by atoms with E-state index in [1.807, 2.05) is 18.7 Å². The first-order valence-electron chi connectivity index (χ1n) is 5.92. The van der Waals surface area contributed by atoms with Gasteiger partial charge in [0.2, 0.25) is 5.91 Å². The Labute approximate surface area is 93.8 Å². The lowest BCUT2D eigenvalue weighted by Crippen LogP contribution is -2.32. The molecule has 0 N–H and O–H groups in total. The molecule has 0 aliphatic carbocycles. The van der Waals surface area contributed by atoms with E-state index in [1.54, 1.807) is 7.11 Å². The lowest BCUT2D eigenvalue weighted by atomic mass is 9.95. The standard InChI is InChI=1S/C10H19NO2.C2H6/c1-8(2)9-4-5-11(6-9)10(12)7-13-3;1-2/h8-9H,4-7H2,1-3H3;1-2H3. The molecule has 1 atom stereocenters. The molecule has 3 heteroatoms. The average Bonchev–Trinajstić information content (AvgIpc) is 2.70. The summed E-state index contributed by atoms with van der Waals surface area (Å²) >= 11 is 0. The topological polar surface area (TPSA) is 29.5 Å². The number of carbonyl (C=O) groups excluding carboxylic acids is 1. The smallest absolute Gasteiger partial charge is 0.248 e. The van der Waals surface area contributed by atoms with Crippen molar-refractivity contribution in [3.8, 4) is 0 Å². The van der Waals surface area contributed by atoms with Crippen molar-refractivity contribution in [1.29, 1.82) is 0 Å². The summed E-state index contributed by atoms with van der Waals surface area (Å²) in [5, 5.41) is 0. The molecule has 1 rings (SSSR count). The number of ether oxygens (including phenoxy) is 1. The van der Waals surface area contributed by atoms with E-state index in [-0.39, 0.29) is 12.5 Å². The van der Waals surface area contributed by atoms with Gasteiger partial charge >= 0.3 is 0 Å². The first-order valence-corrected chi connectivity index (χ1v) is 5.92. The number of hydrogen-bond acceptors (Lipinski definition) is 2. The number of carbonyl (C=O) groups is 1. The van der Waals surface area contributed by atoms with Gasteiger partial charge in [-0.1, -0.05) is 27.7 Å². The fraction of sp³-hybridized carbons (Fsp3) is 0.917. The molecular weight excluding hydrogens is 190 g/mol. The van der Waals surface area contributed by atoms with E-state index < -0.39 is 0 Å². The third-order valence-electron chi connectivity index (χ3n) is 2.79. The van der Waals surface area contributed by atoms with Crippen LogP contribution in [0.5, 0.6) is 0 Å². The van der Waals surface area contributed by atoms with E-state index in [1.165, 1.54) is 0 Å². The lowest BCUT2D eigenvalue weighted by Gasteiger charge is -2.17. The summed E-state index contributed by atoms with van der Waals surface area (Å²) in [6.07, 6.45) is 1.15. The highest BCUT2D eigenvalue weighted by Gasteiger charge is 2.27. The summed E-state index contributed by atoms with van der Waals surface area (Å²) in [7, 11) is 1.56. The summed E-state index contributed by atoms with van der Waals surface area (Å²) in [6, 6.07) is 0. The summed E-state index contributed by atoms with van der Waals surface area (Å²) in [5.74, 6) is 1.49. The van der Waals surface area contributed by atoms with Crippen molar-refractivity contribution in [3.63, 3.8) is 0 Å². The molecular formula is C12H25NO2. The molecule has 0 saturated carbocycles. The van der Waals surface area contributed by atoms with Gasteiger partial charge in [0, 0.05) is 20.2 Å². The van der Waals surface area contributed by atoms with E-state index >= 15 is 0 Å². The third-order valence-corrected chi connectivity index (χ3v) is 2.79. The van der Waals surface area contributed by atoms with Crippen molar-refractivity contribution in [2.75, 3.05) is 26.8 Å². The van der Waals surface area contributed by atoms with Gasteiger partial charge in [-0.2, -0.15) is 0 Å². The van der Waals surface area contributed by atoms with Crippen LogP contribution in [0, 0.1) is 11.8 Å². The minimum Gasteiger partial charge on any atom is -0.375 e. The van der Waals surface area contributed by atoms with Gasteiger partial charge in [0.15, 0.2) is 0 Å². The minimum absolute atomic E-state index is 0.130. The minimum atomic E-state index is 0.130. The Bertz CT molecular complexity index is 180. The van der Waals surface area contributed by atoms with Crippen LogP contribution in [-0.4, -0.2) is 37.6 Å². The van der Waals surface area contributed by atoms with E-state index in [0.29, 0.717) is 11.8 Å². The fourth-order valence-corrected chi connectivity index (χ4v) is 1.77. The Balaban J connectivity index is 0.000000921. The van der Waals surface area contributed by atoms with Crippen LogP contribution in [0.1, 0.15) is 34.1 Å². The van der Waals surface area contributed by atoms with Crippen LogP contribution >= 0.6 is 0 Å². The molecule has 0 aromatic rings. The van der Waals surface area contributed by atoms with Crippen molar-refractivity contribution < 1.29 is 9.53 Å². The first kappa shape index (κ1) is 14.4. The maximum Gasteiger partial charge on any atom is 0.248 e. The maximum absolute atomic E-state index is 11.4. The van der Waals surface area contributed by atoms with E-state index in [4.69, 9.17) is 4.74 Å². The van der Waals surface area contributed by atoms with Gasteiger partial charge in [0.05, 0.1) is 0 Å². The number of hydrogen-bond donors (Lipinski definition) is 0. The molecule has 1 saturated heterocycles. The molecule has 0 aromatic heterocycles. The zero-order chi connectivity index (χ0) is 11.8. The number of rotatable bonds is 3. The summed E-state index contributed by atoms with van der Waals surface area (Å²) in [5.41, 5.74) is 0. The zero-order valence-corrected chi connectivity index (χ0v) is 10.7. The molecule has 15 heavy (non-hydrogen) atoms. The van der Waals surface area contributed by atoms with Crippen LogP contribution in [-0.2, 0) is 9.53 Å². The van der Waals surface area contributed by atoms with Gasteiger partial charge in [0.1, 0.15) is 6.61 Å². The van der Waals surface area contributed by atoms with Gasteiger partial charge in [-0.15, -0.1) is 0 Å². The number of likely N-dealkylation sites (tertiary alicyclic amines) is 1. The normalized spacial score (nSPS) is 20.1. The lowest BCUT2D eigenvalue weighted by molar-refractivity contribution is -0.134. The Kier molecular flexibility index (Phi) is 7.39. The number of methoxy groups -OCH3 is 1.